The summed E-state index contributed by atoms with van der Waals surface area (Å²) in [5.41, 5.74) is 0. The molecule has 0 heterocycles. The van der Waals surface area contributed by atoms with Crippen molar-refractivity contribution >= 4 is 25.7 Å². The van der Waals surface area contributed by atoms with Gasteiger partial charge in [0.05, 0.1) is 26.2 Å². The van der Waals surface area contributed by atoms with Crippen LogP contribution in [0.3, 0.4) is 0 Å². The van der Waals surface area contributed by atoms with Crippen LogP contribution in [-0.4, -0.2) is 66.5 Å². The zero-order valence-corrected chi connectivity index (χ0v) is 45.5. The third-order valence-electron chi connectivity index (χ3n) is 10.6. The number of unbranched alkanes of at least 4 members (excludes halogenated alkanes) is 10. The van der Waals surface area contributed by atoms with E-state index in [1.54, 1.807) is 6.08 Å². The van der Waals surface area contributed by atoms with Crippen molar-refractivity contribution in [2.45, 2.75) is 200 Å². The third kappa shape index (κ3) is 50.6. The quantitative estimate of drug-likeness (QED) is 0.0197. The Morgan fingerprint density at radius 3 is 1.28 bits per heavy atom. The molecule has 406 valence electrons. The lowest BCUT2D eigenvalue weighted by Gasteiger charge is -2.21. The molecule has 2 N–H and O–H groups in total. The summed E-state index contributed by atoms with van der Waals surface area (Å²) >= 11 is 0. The van der Waals surface area contributed by atoms with Crippen LogP contribution in [0.25, 0.3) is 0 Å². The van der Waals surface area contributed by atoms with E-state index >= 15 is 0 Å². The number of esters is 3. The number of phosphoric acid groups is 1. The molecule has 0 fully saturated rings. The Hall–Kier alpha value is -4.38. The van der Waals surface area contributed by atoms with E-state index in [2.05, 4.69) is 112 Å². The first kappa shape index (κ1) is 67.6. The van der Waals surface area contributed by atoms with Crippen LogP contribution in [0.2, 0.25) is 0 Å². The number of carbonyl (C=O) groups excluding carboxylic acids is 3. The van der Waals surface area contributed by atoms with Crippen LogP contribution in [0.15, 0.2) is 134 Å². The summed E-state index contributed by atoms with van der Waals surface area (Å²) < 4.78 is 39.2. The Labute approximate surface area is 436 Å². The Morgan fingerprint density at radius 1 is 0.417 bits per heavy atom. The highest BCUT2D eigenvalue weighted by molar-refractivity contribution is 7.47. The van der Waals surface area contributed by atoms with E-state index in [1.807, 2.05) is 36.5 Å². The topological polar surface area (TPSA) is 155 Å². The summed E-state index contributed by atoms with van der Waals surface area (Å²) in [6.45, 7) is 4.15. The molecule has 0 aromatic heterocycles. The van der Waals surface area contributed by atoms with E-state index < -0.39 is 64.4 Å². The van der Waals surface area contributed by atoms with Crippen molar-refractivity contribution in [3.05, 3.63) is 134 Å². The molecule has 0 aliphatic heterocycles. The molecule has 0 spiro atoms. The van der Waals surface area contributed by atoms with E-state index in [4.69, 9.17) is 23.3 Å². The maximum absolute atomic E-state index is 12.9. The molecular weight excluding hydrogens is 928 g/mol. The van der Waals surface area contributed by atoms with Gasteiger partial charge in [-0.1, -0.05) is 199 Å². The van der Waals surface area contributed by atoms with Gasteiger partial charge in [-0.3, -0.25) is 23.4 Å². The highest BCUT2D eigenvalue weighted by Gasteiger charge is 2.28. The monoisotopic (exact) mass is 1020 g/mol. The van der Waals surface area contributed by atoms with Gasteiger partial charge in [0.2, 0.25) is 0 Å². The van der Waals surface area contributed by atoms with Crippen LogP contribution in [-0.2, 0) is 42.2 Å². The fourth-order valence-corrected chi connectivity index (χ4v) is 7.32. The zero-order valence-electron chi connectivity index (χ0n) is 44.6. The van der Waals surface area contributed by atoms with E-state index in [0.29, 0.717) is 19.3 Å². The van der Waals surface area contributed by atoms with Gasteiger partial charge in [-0.15, -0.1) is 0 Å². The van der Waals surface area contributed by atoms with Crippen LogP contribution < -0.4 is 0 Å². The van der Waals surface area contributed by atoms with Gasteiger partial charge in [0.25, 0.3) is 0 Å². The van der Waals surface area contributed by atoms with Gasteiger partial charge in [0.1, 0.15) is 12.7 Å². The van der Waals surface area contributed by atoms with E-state index in [1.165, 1.54) is 38.5 Å². The summed E-state index contributed by atoms with van der Waals surface area (Å²) in [7, 11) is -4.80. The summed E-state index contributed by atoms with van der Waals surface area (Å²) in [6.07, 6.45) is 66.1. The molecule has 3 atom stereocenters. The number of hydrogen-bond acceptors (Lipinski definition) is 10. The number of aliphatic hydroxyl groups is 1. The molecule has 3 unspecified atom stereocenters. The van der Waals surface area contributed by atoms with Crippen molar-refractivity contribution in [1.29, 1.82) is 0 Å². The van der Waals surface area contributed by atoms with Crippen molar-refractivity contribution < 1.29 is 52.2 Å². The summed E-state index contributed by atoms with van der Waals surface area (Å²) in [6, 6.07) is 0. The number of allylic oxidation sites excluding steroid dienone is 21. The summed E-state index contributed by atoms with van der Waals surface area (Å²) in [5, 5.41) is 9.77. The fraction of sp³-hybridized carbons (Fsp3) is 0.583. The lowest BCUT2D eigenvalue weighted by molar-refractivity contribution is -0.160. The molecule has 0 saturated heterocycles. The summed E-state index contributed by atoms with van der Waals surface area (Å²) in [5.74, 6) is -1.73. The number of rotatable bonds is 48. The third-order valence-corrected chi connectivity index (χ3v) is 11.5. The Morgan fingerprint density at radius 2 is 0.806 bits per heavy atom. The van der Waals surface area contributed by atoms with Gasteiger partial charge in [-0.25, -0.2) is 4.57 Å². The molecule has 72 heavy (non-hydrogen) atoms. The van der Waals surface area contributed by atoms with Gasteiger partial charge in [-0.05, 0) is 103 Å². The highest BCUT2D eigenvalue weighted by Crippen LogP contribution is 2.43. The van der Waals surface area contributed by atoms with Crippen LogP contribution in [0.5, 0.6) is 0 Å². The maximum atomic E-state index is 12.9. The second-order valence-electron chi connectivity index (χ2n) is 17.3. The number of hydrogen-bond donors (Lipinski definition) is 2. The number of ether oxygens (including phenoxy) is 3. The fourth-order valence-electron chi connectivity index (χ4n) is 6.53. The van der Waals surface area contributed by atoms with Gasteiger partial charge in [0.15, 0.2) is 6.10 Å². The van der Waals surface area contributed by atoms with Gasteiger partial charge in [-0.2, -0.15) is 0 Å². The van der Waals surface area contributed by atoms with E-state index in [9.17, 15) is 28.9 Å². The van der Waals surface area contributed by atoms with Crippen LogP contribution in [0.4, 0.5) is 0 Å². The van der Waals surface area contributed by atoms with Crippen molar-refractivity contribution in [2.75, 3.05) is 26.4 Å². The molecular formula is C60H95O11P. The van der Waals surface area contributed by atoms with Crippen LogP contribution in [0.1, 0.15) is 188 Å². The molecule has 0 aliphatic rings. The average Bonchev–Trinajstić information content (AvgIpc) is 3.37. The molecule has 0 saturated carbocycles. The largest absolute Gasteiger partial charge is 0.472 e. The van der Waals surface area contributed by atoms with Crippen LogP contribution >= 0.6 is 7.82 Å². The standard InChI is InChI=1S/C60H95O11P/c1-4-7-10-13-16-19-22-25-27-28-30-32-34-37-40-43-46-49-58(62)67-53-57(71-60(64)51-48-45-42-39-36-33-29-26-23-20-17-14-11-8-5-2)55-69-72(65,66)68-54-56(52-61)70-59(63)50-47-44-41-38-35-31-24-21-18-15-12-9-6-3/h8-9,11-12,16-21,25-27,29,31,35-36,39,41,44-45,48,56-57,61H,4-7,10,13-15,22-24,28,30,32-34,37-38,40,42-43,46-47,49-55H2,1-3H3,(H,65,66)/b11-8-,12-9-,19-16-,20-17-,21-18-,27-25-,29-26-,35-31-,39-36-,44-41-,48-45-. The molecule has 0 amide bonds. The predicted molar refractivity (Wildman–Crippen MR) is 297 cm³/mol. The molecule has 0 bridgehead atoms. The minimum Gasteiger partial charge on any atom is -0.462 e. The average molecular weight is 1020 g/mol. The Balaban J connectivity index is 4.93. The Bertz CT molecular complexity index is 1710. The van der Waals surface area contributed by atoms with Crippen LogP contribution in [0, 0.1) is 0 Å². The van der Waals surface area contributed by atoms with Gasteiger partial charge >= 0.3 is 25.7 Å². The van der Waals surface area contributed by atoms with Crippen molar-refractivity contribution in [3.63, 3.8) is 0 Å². The second-order valence-corrected chi connectivity index (χ2v) is 18.7. The minimum absolute atomic E-state index is 0.0413. The second kappa shape index (κ2) is 52.9. The molecule has 11 nitrogen and oxygen atoms in total. The van der Waals surface area contributed by atoms with Gasteiger partial charge in [0, 0.05) is 12.8 Å². The molecule has 0 rings (SSSR count). The maximum Gasteiger partial charge on any atom is 0.472 e. The Kier molecular flexibility index (Phi) is 49.7. The van der Waals surface area contributed by atoms with Gasteiger partial charge < -0.3 is 24.2 Å². The smallest absolute Gasteiger partial charge is 0.462 e. The molecule has 0 radical (unpaired) electrons. The molecule has 0 aromatic carbocycles. The first-order valence-corrected chi connectivity index (χ1v) is 28.6. The number of aliphatic hydroxyl groups excluding tert-OH is 1. The molecule has 12 heteroatoms. The SMILES string of the molecule is CC/C=C\C/C=C\C/C=C\C/C=C\C/C=C\CC(=O)OC(COC(=O)CCCCCCCCC/C=C\C/C=C\CCCCC)COP(=O)(O)OCC(CO)OC(=O)CC/C=C\C/C=C\C/C=C\C/C=C\CC. The van der Waals surface area contributed by atoms with E-state index in [0.717, 1.165) is 89.9 Å². The minimum atomic E-state index is -4.80. The first-order chi connectivity index (χ1) is 35.2. The highest BCUT2D eigenvalue weighted by atomic mass is 31.2. The lowest BCUT2D eigenvalue weighted by Crippen LogP contribution is -2.30. The normalized spacial score (nSPS) is 14.5. The first-order valence-electron chi connectivity index (χ1n) is 27.1. The van der Waals surface area contributed by atoms with Crippen molar-refractivity contribution in [3.8, 4) is 0 Å². The summed E-state index contributed by atoms with van der Waals surface area (Å²) in [4.78, 5) is 48.3. The van der Waals surface area contributed by atoms with Crippen molar-refractivity contribution in [2.24, 2.45) is 0 Å². The number of carbonyl (C=O) groups is 3. The molecule has 0 aromatic rings. The predicted octanol–water partition coefficient (Wildman–Crippen LogP) is 15.8. The number of phosphoric ester groups is 1. The lowest BCUT2D eigenvalue weighted by atomic mass is 10.1. The van der Waals surface area contributed by atoms with Crippen molar-refractivity contribution in [1.82, 2.24) is 0 Å². The van der Waals surface area contributed by atoms with E-state index in [-0.39, 0.29) is 19.3 Å². The molecule has 0 aliphatic carbocycles. The zero-order chi connectivity index (χ0) is 52.7.